The van der Waals surface area contributed by atoms with Crippen LogP contribution in [-0.4, -0.2) is 19.0 Å². The van der Waals surface area contributed by atoms with Crippen LogP contribution in [-0.2, 0) is 4.79 Å². The Kier molecular flexibility index (Phi) is 4.58. The molecule has 0 aromatic heterocycles. The Morgan fingerprint density at radius 3 is 2.90 bits per heavy atom. The van der Waals surface area contributed by atoms with Gasteiger partial charge >= 0.3 is 0 Å². The fraction of sp³-hybridized carbons (Fsp3) is 0.571. The predicted molar refractivity (Wildman–Crippen MR) is 41.4 cm³/mol. The molecule has 3 nitrogen and oxygen atoms in total. The van der Waals surface area contributed by atoms with Gasteiger partial charge in [0.2, 0.25) is 5.91 Å². The van der Waals surface area contributed by atoms with Gasteiger partial charge in [-0.3, -0.25) is 4.79 Å². The first kappa shape index (κ1) is 9.17. The molecule has 3 heteroatoms. The Labute approximate surface area is 61.3 Å². The highest BCUT2D eigenvalue weighted by Crippen LogP contribution is 1.86. The number of amides is 1. The van der Waals surface area contributed by atoms with Crippen molar-refractivity contribution in [2.45, 2.75) is 6.92 Å². The zero-order valence-corrected chi connectivity index (χ0v) is 6.26. The van der Waals surface area contributed by atoms with Gasteiger partial charge in [0.25, 0.3) is 0 Å². The van der Waals surface area contributed by atoms with E-state index in [2.05, 4.69) is 11.9 Å². The van der Waals surface area contributed by atoms with Gasteiger partial charge in [-0.2, -0.15) is 0 Å². The number of carbonyl (C=O) groups is 1. The molecule has 0 heterocycles. The van der Waals surface area contributed by atoms with Crippen molar-refractivity contribution in [1.82, 2.24) is 5.32 Å². The van der Waals surface area contributed by atoms with Crippen LogP contribution >= 0.6 is 0 Å². The fourth-order valence-electron chi connectivity index (χ4n) is 0.430. The number of nitrogens with two attached hydrogens (primary N) is 1. The van der Waals surface area contributed by atoms with E-state index >= 15 is 0 Å². The highest BCUT2D eigenvalue weighted by atomic mass is 16.1. The minimum Gasteiger partial charge on any atom is -0.352 e. The summed E-state index contributed by atoms with van der Waals surface area (Å²) in [7, 11) is 0. The van der Waals surface area contributed by atoms with Crippen molar-refractivity contribution in [3.63, 3.8) is 0 Å². The van der Waals surface area contributed by atoms with Gasteiger partial charge in [-0.15, -0.1) is 0 Å². The SMILES string of the molecule is C=CC(=O)NCC(C)CN. The maximum atomic E-state index is 10.6. The van der Waals surface area contributed by atoms with E-state index in [9.17, 15) is 4.79 Å². The van der Waals surface area contributed by atoms with Gasteiger partial charge < -0.3 is 11.1 Å². The summed E-state index contributed by atoms with van der Waals surface area (Å²) >= 11 is 0. The van der Waals surface area contributed by atoms with E-state index < -0.39 is 0 Å². The van der Waals surface area contributed by atoms with Crippen LogP contribution in [0.4, 0.5) is 0 Å². The van der Waals surface area contributed by atoms with Gasteiger partial charge in [-0.25, -0.2) is 0 Å². The molecular weight excluding hydrogens is 128 g/mol. The molecular formula is C7H14N2O. The second kappa shape index (κ2) is 4.99. The Balaban J connectivity index is 3.34. The van der Waals surface area contributed by atoms with Gasteiger partial charge in [0.1, 0.15) is 0 Å². The molecule has 1 atom stereocenters. The van der Waals surface area contributed by atoms with Gasteiger partial charge in [-0.1, -0.05) is 13.5 Å². The van der Waals surface area contributed by atoms with Crippen molar-refractivity contribution < 1.29 is 4.79 Å². The monoisotopic (exact) mass is 142 g/mol. The highest BCUT2D eigenvalue weighted by Gasteiger charge is 1.98. The van der Waals surface area contributed by atoms with E-state index in [4.69, 9.17) is 5.73 Å². The average Bonchev–Trinajstić information content (AvgIpc) is 1.99. The maximum Gasteiger partial charge on any atom is 0.243 e. The third-order valence-corrected chi connectivity index (χ3v) is 1.21. The van der Waals surface area contributed by atoms with Crippen molar-refractivity contribution in [3.05, 3.63) is 12.7 Å². The Hall–Kier alpha value is -0.830. The van der Waals surface area contributed by atoms with Crippen LogP contribution in [0, 0.1) is 5.92 Å². The van der Waals surface area contributed by atoms with E-state index in [0.717, 1.165) is 0 Å². The number of rotatable bonds is 4. The zero-order valence-electron chi connectivity index (χ0n) is 6.26. The van der Waals surface area contributed by atoms with Gasteiger partial charge in [0.05, 0.1) is 0 Å². The number of nitrogens with one attached hydrogen (secondary N) is 1. The molecule has 0 spiro atoms. The number of carbonyl (C=O) groups excluding carboxylic acids is 1. The molecule has 0 aromatic carbocycles. The molecule has 10 heavy (non-hydrogen) atoms. The van der Waals surface area contributed by atoms with E-state index in [0.29, 0.717) is 19.0 Å². The normalized spacial score (nSPS) is 12.2. The summed E-state index contributed by atoms with van der Waals surface area (Å²) in [4.78, 5) is 10.6. The molecule has 3 N–H and O–H groups in total. The third-order valence-electron chi connectivity index (χ3n) is 1.21. The van der Waals surface area contributed by atoms with Gasteiger partial charge in [-0.05, 0) is 18.5 Å². The Bertz CT molecular complexity index is 123. The van der Waals surface area contributed by atoms with Crippen molar-refractivity contribution in [2.75, 3.05) is 13.1 Å². The van der Waals surface area contributed by atoms with E-state index in [1.807, 2.05) is 6.92 Å². The minimum atomic E-state index is -0.139. The van der Waals surface area contributed by atoms with Crippen LogP contribution in [0.1, 0.15) is 6.92 Å². The second-order valence-corrected chi connectivity index (χ2v) is 2.29. The molecule has 0 saturated heterocycles. The molecule has 1 unspecified atom stereocenters. The molecule has 1 amide bonds. The standard InChI is InChI=1S/C7H14N2O/c1-3-7(10)9-5-6(2)4-8/h3,6H,1,4-5,8H2,2H3,(H,9,10). The first-order valence-corrected chi connectivity index (χ1v) is 3.31. The summed E-state index contributed by atoms with van der Waals surface area (Å²) in [6.07, 6.45) is 1.25. The van der Waals surface area contributed by atoms with Crippen LogP contribution < -0.4 is 11.1 Å². The Morgan fingerprint density at radius 1 is 1.90 bits per heavy atom. The van der Waals surface area contributed by atoms with Gasteiger partial charge in [0, 0.05) is 6.54 Å². The van der Waals surface area contributed by atoms with Crippen LogP contribution in [0.5, 0.6) is 0 Å². The van der Waals surface area contributed by atoms with Crippen molar-refractivity contribution in [2.24, 2.45) is 11.7 Å². The van der Waals surface area contributed by atoms with Crippen LogP contribution in [0.3, 0.4) is 0 Å². The van der Waals surface area contributed by atoms with Crippen LogP contribution in [0.2, 0.25) is 0 Å². The topological polar surface area (TPSA) is 55.1 Å². The lowest BCUT2D eigenvalue weighted by atomic mass is 10.2. The lowest BCUT2D eigenvalue weighted by molar-refractivity contribution is -0.116. The first-order chi connectivity index (χ1) is 4.70. The summed E-state index contributed by atoms with van der Waals surface area (Å²) < 4.78 is 0. The molecule has 0 aliphatic heterocycles. The predicted octanol–water partition coefficient (Wildman–Crippen LogP) is -0.117. The summed E-state index contributed by atoms with van der Waals surface area (Å²) in [5, 5.41) is 2.65. The lowest BCUT2D eigenvalue weighted by Crippen LogP contribution is -2.29. The van der Waals surface area contributed by atoms with Crippen molar-refractivity contribution >= 4 is 5.91 Å². The van der Waals surface area contributed by atoms with Crippen molar-refractivity contribution in [1.29, 1.82) is 0 Å². The molecule has 0 aliphatic rings. The van der Waals surface area contributed by atoms with Gasteiger partial charge in [0.15, 0.2) is 0 Å². The highest BCUT2D eigenvalue weighted by molar-refractivity contribution is 5.86. The minimum absolute atomic E-state index is 0.139. The Morgan fingerprint density at radius 2 is 2.50 bits per heavy atom. The molecule has 0 radical (unpaired) electrons. The molecule has 0 aromatic rings. The quantitative estimate of drug-likeness (QED) is 0.538. The van der Waals surface area contributed by atoms with E-state index in [1.54, 1.807) is 0 Å². The van der Waals surface area contributed by atoms with Crippen LogP contribution in [0.25, 0.3) is 0 Å². The molecule has 0 fully saturated rings. The molecule has 0 rings (SSSR count). The molecule has 0 saturated carbocycles. The summed E-state index contributed by atoms with van der Waals surface area (Å²) in [5.74, 6) is 0.198. The first-order valence-electron chi connectivity index (χ1n) is 3.31. The smallest absolute Gasteiger partial charge is 0.243 e. The number of hydrogen-bond donors (Lipinski definition) is 2. The summed E-state index contributed by atoms with van der Waals surface area (Å²) in [6.45, 7) is 6.52. The lowest BCUT2D eigenvalue weighted by Gasteiger charge is -2.07. The van der Waals surface area contributed by atoms with Crippen LogP contribution in [0.15, 0.2) is 12.7 Å². The molecule has 0 bridgehead atoms. The van der Waals surface area contributed by atoms with E-state index in [1.165, 1.54) is 6.08 Å². The molecule has 0 aliphatic carbocycles. The largest absolute Gasteiger partial charge is 0.352 e. The maximum absolute atomic E-state index is 10.6. The van der Waals surface area contributed by atoms with Crippen molar-refractivity contribution in [3.8, 4) is 0 Å². The fourth-order valence-corrected chi connectivity index (χ4v) is 0.430. The second-order valence-electron chi connectivity index (χ2n) is 2.29. The zero-order chi connectivity index (χ0) is 7.98. The molecule has 58 valence electrons. The third kappa shape index (κ3) is 4.09. The number of hydrogen-bond acceptors (Lipinski definition) is 2. The van der Waals surface area contributed by atoms with E-state index in [-0.39, 0.29) is 5.91 Å². The summed E-state index contributed by atoms with van der Waals surface area (Å²) in [5.41, 5.74) is 5.32. The summed E-state index contributed by atoms with van der Waals surface area (Å²) in [6, 6.07) is 0. The average molecular weight is 142 g/mol.